The first-order valence-electron chi connectivity index (χ1n) is 6.19. The lowest BCUT2D eigenvalue weighted by molar-refractivity contribution is 0.0355. The maximum Gasteiger partial charge on any atom is 0.148 e. The fourth-order valence-corrected chi connectivity index (χ4v) is 3.03. The van der Waals surface area contributed by atoms with E-state index < -0.39 is 0 Å². The van der Waals surface area contributed by atoms with E-state index in [0.717, 1.165) is 44.3 Å². The van der Waals surface area contributed by atoms with Crippen LogP contribution in [0, 0.1) is 0 Å². The van der Waals surface area contributed by atoms with Crippen molar-refractivity contribution in [2.24, 2.45) is 4.99 Å². The van der Waals surface area contributed by atoms with E-state index in [0.29, 0.717) is 0 Å². The Morgan fingerprint density at radius 3 is 2.94 bits per heavy atom. The monoisotopic (exact) mass is 264 g/mol. The van der Waals surface area contributed by atoms with E-state index in [4.69, 9.17) is 4.74 Å². The first-order chi connectivity index (χ1) is 8.89. The summed E-state index contributed by atoms with van der Waals surface area (Å²) in [6.07, 6.45) is 6.95. The lowest BCUT2D eigenvalue weighted by Crippen LogP contribution is -2.39. The van der Waals surface area contributed by atoms with Crippen molar-refractivity contribution in [3.05, 3.63) is 22.7 Å². The minimum atomic E-state index is -0.278. The quantitative estimate of drug-likeness (QED) is 0.817. The van der Waals surface area contributed by atoms with E-state index in [1.165, 1.54) is 0 Å². The zero-order valence-corrected chi connectivity index (χ0v) is 11.0. The van der Waals surface area contributed by atoms with Gasteiger partial charge in [-0.25, -0.2) is 0 Å². The van der Waals surface area contributed by atoms with Crippen molar-refractivity contribution in [3.8, 4) is 0 Å². The third kappa shape index (κ3) is 2.36. The van der Waals surface area contributed by atoms with E-state index in [-0.39, 0.29) is 5.54 Å². The standard InChI is InChI=1S/C12H16N4OS/c1-2-12(13-4-1,11-15-14-10-18-11)3-5-16-6-8-17-9-7-16/h1-2,4,10H,3,5-9H2. The van der Waals surface area contributed by atoms with Crippen LogP contribution in [0.2, 0.25) is 0 Å². The zero-order chi connectivity index (χ0) is 12.3. The Kier molecular flexibility index (Phi) is 3.49. The minimum absolute atomic E-state index is 0.278. The Labute approximate surface area is 110 Å². The highest BCUT2D eigenvalue weighted by Crippen LogP contribution is 2.34. The second-order valence-electron chi connectivity index (χ2n) is 4.51. The molecule has 6 heteroatoms. The third-order valence-electron chi connectivity index (χ3n) is 3.41. The molecular weight excluding hydrogens is 248 g/mol. The maximum atomic E-state index is 5.36. The van der Waals surface area contributed by atoms with Crippen molar-refractivity contribution in [3.63, 3.8) is 0 Å². The molecule has 96 valence electrons. The van der Waals surface area contributed by atoms with E-state index in [9.17, 15) is 0 Å². The van der Waals surface area contributed by atoms with Crippen LogP contribution in [0.15, 0.2) is 22.7 Å². The highest BCUT2D eigenvalue weighted by atomic mass is 32.1. The number of rotatable bonds is 4. The van der Waals surface area contributed by atoms with Gasteiger partial charge in [0.15, 0.2) is 0 Å². The van der Waals surface area contributed by atoms with E-state index >= 15 is 0 Å². The van der Waals surface area contributed by atoms with Gasteiger partial charge in [0.2, 0.25) is 0 Å². The van der Waals surface area contributed by atoms with Gasteiger partial charge in [-0.3, -0.25) is 9.89 Å². The average Bonchev–Trinajstić information content (AvgIpc) is 3.09. The number of aromatic nitrogens is 2. The summed E-state index contributed by atoms with van der Waals surface area (Å²) in [6, 6.07) is 0. The van der Waals surface area contributed by atoms with Gasteiger partial charge >= 0.3 is 0 Å². The lowest BCUT2D eigenvalue weighted by atomic mass is 9.97. The molecule has 0 bridgehead atoms. The number of hydrogen-bond donors (Lipinski definition) is 0. The molecule has 18 heavy (non-hydrogen) atoms. The second-order valence-corrected chi connectivity index (χ2v) is 5.34. The number of aliphatic imine (C=N–C) groups is 1. The predicted octanol–water partition coefficient (Wildman–Crippen LogP) is 1.10. The zero-order valence-electron chi connectivity index (χ0n) is 10.2. The van der Waals surface area contributed by atoms with Crippen molar-refractivity contribution in [1.82, 2.24) is 15.1 Å². The van der Waals surface area contributed by atoms with Gasteiger partial charge in [0, 0.05) is 25.8 Å². The number of nitrogens with zero attached hydrogens (tertiary/aromatic N) is 4. The molecule has 0 N–H and O–H groups in total. The Hall–Kier alpha value is -1.11. The Bertz CT molecular complexity index is 425. The van der Waals surface area contributed by atoms with Crippen molar-refractivity contribution >= 4 is 17.6 Å². The molecule has 0 saturated carbocycles. The molecule has 5 nitrogen and oxygen atoms in total. The summed E-state index contributed by atoms with van der Waals surface area (Å²) >= 11 is 1.58. The average molecular weight is 264 g/mol. The summed E-state index contributed by atoms with van der Waals surface area (Å²) in [5, 5.41) is 9.11. The first-order valence-corrected chi connectivity index (χ1v) is 7.07. The normalized spacial score (nSPS) is 28.0. The fourth-order valence-electron chi connectivity index (χ4n) is 2.32. The Balaban J connectivity index is 1.68. The lowest BCUT2D eigenvalue weighted by Gasteiger charge is -2.30. The van der Waals surface area contributed by atoms with Crippen molar-refractivity contribution in [1.29, 1.82) is 0 Å². The molecule has 1 aromatic heterocycles. The van der Waals surface area contributed by atoms with Crippen LogP contribution in [0.25, 0.3) is 0 Å². The molecule has 1 saturated heterocycles. The molecule has 0 aliphatic carbocycles. The summed E-state index contributed by atoms with van der Waals surface area (Å²) in [4.78, 5) is 7.03. The van der Waals surface area contributed by atoms with Crippen LogP contribution in [0.1, 0.15) is 11.4 Å². The predicted molar refractivity (Wildman–Crippen MR) is 71.1 cm³/mol. The molecule has 0 spiro atoms. The van der Waals surface area contributed by atoms with Gasteiger partial charge < -0.3 is 4.74 Å². The third-order valence-corrected chi connectivity index (χ3v) is 4.26. The number of ether oxygens (including phenoxy) is 1. The van der Waals surface area contributed by atoms with Crippen LogP contribution in [0.5, 0.6) is 0 Å². The number of hydrogen-bond acceptors (Lipinski definition) is 6. The van der Waals surface area contributed by atoms with Crippen LogP contribution in [0.4, 0.5) is 0 Å². The molecule has 1 aromatic rings. The van der Waals surface area contributed by atoms with Crippen molar-refractivity contribution in [2.75, 3.05) is 32.8 Å². The maximum absolute atomic E-state index is 5.36. The van der Waals surface area contributed by atoms with Crippen molar-refractivity contribution < 1.29 is 4.74 Å². The molecule has 0 amide bonds. The van der Waals surface area contributed by atoms with Crippen LogP contribution < -0.4 is 0 Å². The van der Waals surface area contributed by atoms with Crippen LogP contribution in [-0.4, -0.2) is 54.2 Å². The largest absolute Gasteiger partial charge is 0.379 e. The number of allylic oxidation sites excluding steroid dienone is 1. The fraction of sp³-hybridized carbons (Fsp3) is 0.583. The molecule has 3 heterocycles. The second kappa shape index (κ2) is 5.26. The summed E-state index contributed by atoms with van der Waals surface area (Å²) in [5.41, 5.74) is 1.49. The topological polar surface area (TPSA) is 50.6 Å². The molecular formula is C12H16N4OS. The molecule has 1 unspecified atom stereocenters. The smallest absolute Gasteiger partial charge is 0.148 e. The van der Waals surface area contributed by atoms with Gasteiger partial charge in [0.1, 0.15) is 16.1 Å². The van der Waals surface area contributed by atoms with E-state index in [1.807, 2.05) is 12.3 Å². The van der Waals surface area contributed by atoms with Gasteiger partial charge in [0.25, 0.3) is 0 Å². The van der Waals surface area contributed by atoms with E-state index in [2.05, 4.69) is 26.2 Å². The summed E-state index contributed by atoms with van der Waals surface area (Å²) < 4.78 is 5.36. The SMILES string of the molecule is C1=CC(CCN2CCOCC2)(c2nncs2)N=C1. The molecule has 3 rings (SSSR count). The molecule has 1 atom stereocenters. The molecule has 0 aromatic carbocycles. The highest BCUT2D eigenvalue weighted by molar-refractivity contribution is 7.09. The van der Waals surface area contributed by atoms with Crippen LogP contribution in [-0.2, 0) is 10.3 Å². The highest BCUT2D eigenvalue weighted by Gasteiger charge is 2.33. The molecule has 2 aliphatic heterocycles. The van der Waals surface area contributed by atoms with Crippen LogP contribution >= 0.6 is 11.3 Å². The van der Waals surface area contributed by atoms with Gasteiger partial charge in [-0.05, 0) is 18.6 Å². The Morgan fingerprint density at radius 2 is 2.28 bits per heavy atom. The molecule has 1 fully saturated rings. The van der Waals surface area contributed by atoms with Gasteiger partial charge in [-0.1, -0.05) is 0 Å². The van der Waals surface area contributed by atoms with Crippen LogP contribution in [0.3, 0.4) is 0 Å². The molecule has 0 radical (unpaired) electrons. The van der Waals surface area contributed by atoms with Gasteiger partial charge in [-0.2, -0.15) is 0 Å². The summed E-state index contributed by atoms with van der Waals surface area (Å²) in [5.74, 6) is 0. The van der Waals surface area contributed by atoms with Crippen molar-refractivity contribution in [2.45, 2.75) is 12.0 Å². The molecule has 2 aliphatic rings. The van der Waals surface area contributed by atoms with E-state index in [1.54, 1.807) is 16.8 Å². The first kappa shape index (κ1) is 12.0. The minimum Gasteiger partial charge on any atom is -0.379 e. The summed E-state index contributed by atoms with van der Waals surface area (Å²) in [6.45, 7) is 4.72. The summed E-state index contributed by atoms with van der Waals surface area (Å²) in [7, 11) is 0. The van der Waals surface area contributed by atoms with Gasteiger partial charge in [-0.15, -0.1) is 21.5 Å². The van der Waals surface area contributed by atoms with Gasteiger partial charge in [0.05, 0.1) is 13.2 Å². The Morgan fingerprint density at radius 1 is 1.39 bits per heavy atom. The number of morpholine rings is 1.